The minimum Gasteiger partial charge on any atom is -0.310 e. The van der Waals surface area contributed by atoms with Crippen LogP contribution in [0.5, 0.6) is 0 Å². The van der Waals surface area contributed by atoms with Crippen molar-refractivity contribution in [3.8, 4) is 16.8 Å². The molecule has 11 rings (SSSR count). The van der Waals surface area contributed by atoms with E-state index in [9.17, 15) is 0 Å². The summed E-state index contributed by atoms with van der Waals surface area (Å²) in [5, 5.41) is 10.2. The Balaban J connectivity index is 1.07. The van der Waals surface area contributed by atoms with Crippen LogP contribution in [-0.2, 0) is 0 Å². The Kier molecular flexibility index (Phi) is 6.76. The van der Waals surface area contributed by atoms with Crippen molar-refractivity contribution in [2.24, 2.45) is 0 Å². The Morgan fingerprint density at radius 2 is 1.02 bits per heavy atom. The van der Waals surface area contributed by atoms with Gasteiger partial charge in [-0.15, -0.1) is 11.3 Å². The van der Waals surface area contributed by atoms with Gasteiger partial charge < -0.3 is 9.47 Å². The molecule has 2 heterocycles. The molecule has 2 nitrogen and oxygen atoms in total. The van der Waals surface area contributed by atoms with Crippen molar-refractivity contribution in [1.82, 2.24) is 4.57 Å². The molecule has 0 atom stereocenters. The number of rotatable bonds is 5. The van der Waals surface area contributed by atoms with Gasteiger partial charge in [-0.1, -0.05) is 133 Å². The van der Waals surface area contributed by atoms with Crippen LogP contribution in [0.4, 0.5) is 17.1 Å². The van der Waals surface area contributed by atoms with Crippen LogP contribution in [0.15, 0.2) is 194 Å². The maximum Gasteiger partial charge on any atom is 0.0547 e. The summed E-state index contributed by atoms with van der Waals surface area (Å²) < 4.78 is 4.99. The summed E-state index contributed by atoms with van der Waals surface area (Å²) >= 11 is 1.89. The second kappa shape index (κ2) is 11.9. The normalized spacial score (nSPS) is 11.8. The summed E-state index contributed by atoms with van der Waals surface area (Å²) in [6, 6.07) is 70.9. The molecule has 0 aliphatic heterocycles. The Labute approximate surface area is 311 Å². The van der Waals surface area contributed by atoms with E-state index in [4.69, 9.17) is 0 Å². The maximum atomic E-state index is 2.40. The Morgan fingerprint density at radius 3 is 1.89 bits per heavy atom. The van der Waals surface area contributed by atoms with Crippen molar-refractivity contribution >= 4 is 91.9 Å². The average Bonchev–Trinajstić information content (AvgIpc) is 3.76. The van der Waals surface area contributed by atoms with Crippen molar-refractivity contribution in [3.05, 3.63) is 194 Å². The lowest BCUT2D eigenvalue weighted by Crippen LogP contribution is -2.09. The summed E-state index contributed by atoms with van der Waals surface area (Å²) in [5.74, 6) is 0. The van der Waals surface area contributed by atoms with Gasteiger partial charge in [0.15, 0.2) is 0 Å². The predicted octanol–water partition coefficient (Wildman–Crippen LogP) is 14.6. The smallest absolute Gasteiger partial charge is 0.0547 e. The molecule has 0 spiro atoms. The monoisotopic (exact) mass is 692 g/mol. The van der Waals surface area contributed by atoms with E-state index in [1.54, 1.807) is 0 Å². The van der Waals surface area contributed by atoms with E-state index in [1.165, 1.54) is 80.3 Å². The molecular weight excluding hydrogens is 661 g/mol. The van der Waals surface area contributed by atoms with Gasteiger partial charge in [-0.3, -0.25) is 0 Å². The Hall–Kier alpha value is -6.68. The molecule has 0 N–H and O–H groups in total. The zero-order valence-corrected chi connectivity index (χ0v) is 29.6. The summed E-state index contributed by atoms with van der Waals surface area (Å²) in [4.78, 5) is 2.38. The minimum absolute atomic E-state index is 1.14. The first kappa shape index (κ1) is 30.0. The predicted molar refractivity (Wildman–Crippen MR) is 229 cm³/mol. The number of thiophene rings is 1. The molecule has 0 saturated heterocycles. The van der Waals surface area contributed by atoms with Crippen LogP contribution in [0, 0.1) is 0 Å². The first-order valence-corrected chi connectivity index (χ1v) is 18.9. The Bertz CT molecular complexity index is 3170. The lowest BCUT2D eigenvalue weighted by Gasteiger charge is -2.26. The summed E-state index contributed by atoms with van der Waals surface area (Å²) in [6.45, 7) is 0. The molecule has 0 saturated carbocycles. The second-order valence-corrected chi connectivity index (χ2v) is 14.8. The van der Waals surface area contributed by atoms with Crippen LogP contribution in [-0.4, -0.2) is 4.57 Å². The summed E-state index contributed by atoms with van der Waals surface area (Å²) in [6.07, 6.45) is 0. The van der Waals surface area contributed by atoms with E-state index in [-0.39, 0.29) is 0 Å². The number of benzene rings is 9. The number of nitrogens with zero attached hydrogens (tertiary/aromatic N) is 2. The van der Waals surface area contributed by atoms with Gasteiger partial charge in [0.25, 0.3) is 0 Å². The van der Waals surface area contributed by atoms with Gasteiger partial charge in [0, 0.05) is 53.7 Å². The summed E-state index contributed by atoms with van der Waals surface area (Å²) in [7, 11) is 0. The second-order valence-electron chi connectivity index (χ2n) is 13.7. The molecule has 248 valence electrons. The Morgan fingerprint density at radius 1 is 0.377 bits per heavy atom. The van der Waals surface area contributed by atoms with Crippen LogP contribution in [0.25, 0.3) is 80.3 Å². The van der Waals surface area contributed by atoms with Crippen LogP contribution >= 0.6 is 11.3 Å². The van der Waals surface area contributed by atoms with Gasteiger partial charge in [-0.25, -0.2) is 0 Å². The van der Waals surface area contributed by atoms with Crippen molar-refractivity contribution in [2.45, 2.75) is 0 Å². The molecule has 0 aliphatic carbocycles. The van der Waals surface area contributed by atoms with Crippen molar-refractivity contribution in [2.75, 3.05) is 4.90 Å². The van der Waals surface area contributed by atoms with E-state index < -0.39 is 0 Å². The number of hydrogen-bond acceptors (Lipinski definition) is 2. The van der Waals surface area contributed by atoms with Crippen LogP contribution in [0.3, 0.4) is 0 Å². The molecule has 0 unspecified atom stereocenters. The molecule has 3 heteroatoms. The highest BCUT2D eigenvalue weighted by Gasteiger charge is 2.18. The molecule has 11 aromatic rings. The lowest BCUT2D eigenvalue weighted by atomic mass is 10.0. The molecule has 2 aromatic heterocycles. The summed E-state index contributed by atoms with van der Waals surface area (Å²) in [5.41, 5.74) is 9.52. The van der Waals surface area contributed by atoms with Gasteiger partial charge >= 0.3 is 0 Å². The van der Waals surface area contributed by atoms with Crippen LogP contribution < -0.4 is 4.90 Å². The molecule has 0 bridgehead atoms. The van der Waals surface area contributed by atoms with Crippen LogP contribution in [0.2, 0.25) is 0 Å². The van der Waals surface area contributed by atoms with E-state index >= 15 is 0 Å². The SMILES string of the molecule is c1ccc(N(c2ccc3c(ccc4ccccc43)c2)c2ccc3c(c2)sc2c(-c4ccc5c6ccccc6n(-c6ccccc6)c5c4)cccc23)cc1. The highest BCUT2D eigenvalue weighted by atomic mass is 32.1. The average molecular weight is 693 g/mol. The van der Waals surface area contributed by atoms with E-state index in [0.717, 1.165) is 17.1 Å². The first-order chi connectivity index (χ1) is 26.3. The van der Waals surface area contributed by atoms with Gasteiger partial charge in [0.05, 0.1) is 11.0 Å². The van der Waals surface area contributed by atoms with E-state index in [2.05, 4.69) is 204 Å². The number of hydrogen-bond donors (Lipinski definition) is 0. The van der Waals surface area contributed by atoms with Crippen molar-refractivity contribution in [1.29, 1.82) is 0 Å². The molecule has 0 fully saturated rings. The van der Waals surface area contributed by atoms with Gasteiger partial charge in [-0.2, -0.15) is 0 Å². The third-order valence-electron chi connectivity index (χ3n) is 10.7. The molecular formula is C50H32N2S. The fraction of sp³-hybridized carbons (Fsp3) is 0. The molecule has 0 radical (unpaired) electrons. The third-order valence-corrected chi connectivity index (χ3v) is 11.9. The van der Waals surface area contributed by atoms with Crippen LogP contribution in [0.1, 0.15) is 0 Å². The van der Waals surface area contributed by atoms with E-state index in [1.807, 2.05) is 11.3 Å². The fourth-order valence-electron chi connectivity index (χ4n) is 8.31. The maximum absolute atomic E-state index is 2.40. The molecule has 9 aromatic carbocycles. The molecule has 0 amide bonds. The first-order valence-electron chi connectivity index (χ1n) is 18.1. The van der Waals surface area contributed by atoms with Gasteiger partial charge in [0.2, 0.25) is 0 Å². The number of para-hydroxylation sites is 3. The third kappa shape index (κ3) is 4.78. The zero-order chi connectivity index (χ0) is 34.9. The highest BCUT2D eigenvalue weighted by Crippen LogP contribution is 2.45. The van der Waals surface area contributed by atoms with Gasteiger partial charge in [0.1, 0.15) is 0 Å². The largest absolute Gasteiger partial charge is 0.310 e. The standard InChI is InChI=1S/C50H32N2S/c1-3-13-36(14-4-1)51(38-25-28-41-34(30-38)23-22-33-12-7-8-17-40(33)41)39-26-29-45-46-20-11-19-42(50(46)53-49(45)32-39)35-24-27-44-43-18-9-10-21-47(43)52(48(44)31-35)37-15-5-2-6-16-37/h1-32H. The van der Waals surface area contributed by atoms with Crippen molar-refractivity contribution < 1.29 is 0 Å². The number of anilines is 3. The molecule has 0 aliphatic rings. The number of fused-ring (bicyclic) bond motifs is 9. The minimum atomic E-state index is 1.14. The molecule has 53 heavy (non-hydrogen) atoms. The van der Waals surface area contributed by atoms with E-state index in [0.29, 0.717) is 0 Å². The van der Waals surface area contributed by atoms with Crippen molar-refractivity contribution in [3.63, 3.8) is 0 Å². The fourth-order valence-corrected chi connectivity index (χ4v) is 9.58. The van der Waals surface area contributed by atoms with Gasteiger partial charge in [-0.05, 0) is 93.3 Å². The quantitative estimate of drug-likeness (QED) is 0.163. The number of aromatic nitrogens is 1. The zero-order valence-electron chi connectivity index (χ0n) is 28.8. The lowest BCUT2D eigenvalue weighted by molar-refractivity contribution is 1.18. The topological polar surface area (TPSA) is 8.17 Å². The highest BCUT2D eigenvalue weighted by molar-refractivity contribution is 7.26.